The van der Waals surface area contributed by atoms with Gasteiger partial charge in [-0.05, 0) is 120 Å². The summed E-state index contributed by atoms with van der Waals surface area (Å²) in [6.07, 6.45) is 24.2. The van der Waals surface area contributed by atoms with Crippen LogP contribution in [-0.2, 0) is 12.8 Å². The van der Waals surface area contributed by atoms with Gasteiger partial charge in [0.05, 0.1) is 16.7 Å². The van der Waals surface area contributed by atoms with Crippen LogP contribution in [0.3, 0.4) is 0 Å². The number of aryl methyl sites for hydroxylation is 4. The van der Waals surface area contributed by atoms with Gasteiger partial charge in [0.1, 0.15) is 0 Å². The molecule has 0 fully saturated rings. The molecule has 0 saturated carbocycles. The van der Waals surface area contributed by atoms with Gasteiger partial charge in [0.15, 0.2) is 0 Å². The van der Waals surface area contributed by atoms with Crippen molar-refractivity contribution in [2.45, 2.75) is 118 Å². The molecule has 0 aliphatic rings. The SMILES string of the molecule is CCCCCCCCc1cc(-c2cc(-c3ccc(/C=C/c4ccc(C)cc4)cc3)cc(-c3ccc4ccc5cccnc5c4n3)c2)c(CCCCCCCC)cc1C. The van der Waals surface area contributed by atoms with Gasteiger partial charge in [-0.25, -0.2) is 4.98 Å². The first-order valence-electron chi connectivity index (χ1n) is 22.3. The van der Waals surface area contributed by atoms with E-state index in [0.717, 1.165) is 45.9 Å². The van der Waals surface area contributed by atoms with Crippen LogP contribution < -0.4 is 0 Å². The molecule has 296 valence electrons. The minimum Gasteiger partial charge on any atom is -0.254 e. The molecule has 2 nitrogen and oxygen atoms in total. The van der Waals surface area contributed by atoms with E-state index < -0.39 is 0 Å². The molecular formula is C56H62N2. The molecule has 0 aliphatic carbocycles. The van der Waals surface area contributed by atoms with E-state index in [1.807, 2.05) is 12.3 Å². The number of nitrogens with zero attached hydrogens (tertiary/aromatic N) is 2. The summed E-state index contributed by atoms with van der Waals surface area (Å²) in [5.41, 5.74) is 17.2. The van der Waals surface area contributed by atoms with Gasteiger partial charge in [-0.15, -0.1) is 0 Å². The van der Waals surface area contributed by atoms with Gasteiger partial charge in [0, 0.05) is 22.5 Å². The van der Waals surface area contributed by atoms with Crippen LogP contribution in [0.15, 0.2) is 121 Å². The van der Waals surface area contributed by atoms with Gasteiger partial charge < -0.3 is 0 Å². The second-order valence-corrected chi connectivity index (χ2v) is 16.5. The zero-order chi connectivity index (χ0) is 40.1. The highest BCUT2D eigenvalue weighted by Crippen LogP contribution is 2.37. The highest BCUT2D eigenvalue weighted by atomic mass is 14.7. The molecule has 2 heteroatoms. The van der Waals surface area contributed by atoms with Crippen molar-refractivity contribution >= 4 is 34.0 Å². The molecular weight excluding hydrogens is 701 g/mol. The largest absolute Gasteiger partial charge is 0.254 e. The zero-order valence-corrected chi connectivity index (χ0v) is 35.5. The molecule has 0 N–H and O–H groups in total. The minimum absolute atomic E-state index is 0.951. The Morgan fingerprint density at radius 2 is 1.03 bits per heavy atom. The molecule has 0 unspecified atom stereocenters. The summed E-state index contributed by atoms with van der Waals surface area (Å²) in [4.78, 5) is 10.1. The highest BCUT2D eigenvalue weighted by molar-refractivity contribution is 6.03. The lowest BCUT2D eigenvalue weighted by atomic mass is 9.87. The van der Waals surface area contributed by atoms with Crippen LogP contribution in [-0.4, -0.2) is 9.97 Å². The van der Waals surface area contributed by atoms with E-state index >= 15 is 0 Å². The predicted molar refractivity (Wildman–Crippen MR) is 252 cm³/mol. The van der Waals surface area contributed by atoms with Crippen molar-refractivity contribution in [3.63, 3.8) is 0 Å². The molecule has 0 atom stereocenters. The van der Waals surface area contributed by atoms with Crippen molar-refractivity contribution in [2.75, 3.05) is 0 Å². The van der Waals surface area contributed by atoms with Crippen LogP contribution in [0.2, 0.25) is 0 Å². The number of pyridine rings is 2. The third kappa shape index (κ3) is 10.6. The van der Waals surface area contributed by atoms with Gasteiger partial charge in [-0.3, -0.25) is 4.98 Å². The van der Waals surface area contributed by atoms with Crippen molar-refractivity contribution in [3.8, 4) is 33.5 Å². The van der Waals surface area contributed by atoms with E-state index in [2.05, 4.69) is 149 Å². The fourth-order valence-electron chi connectivity index (χ4n) is 8.39. The van der Waals surface area contributed by atoms with E-state index in [0.29, 0.717) is 0 Å². The lowest BCUT2D eigenvalue weighted by Crippen LogP contribution is -1.99. The smallest absolute Gasteiger partial charge is 0.0972 e. The summed E-state index contributed by atoms with van der Waals surface area (Å²) < 4.78 is 0. The molecule has 0 amide bonds. The predicted octanol–water partition coefficient (Wildman–Crippen LogP) is 16.4. The van der Waals surface area contributed by atoms with Crippen LogP contribution in [0.1, 0.15) is 124 Å². The monoisotopic (exact) mass is 762 g/mol. The first-order valence-corrected chi connectivity index (χ1v) is 22.3. The average molecular weight is 763 g/mol. The number of aromatic nitrogens is 2. The van der Waals surface area contributed by atoms with Crippen molar-refractivity contribution < 1.29 is 0 Å². The summed E-state index contributed by atoms with van der Waals surface area (Å²) in [6, 6.07) is 42.8. The Morgan fingerprint density at radius 3 is 1.72 bits per heavy atom. The summed E-state index contributed by atoms with van der Waals surface area (Å²) in [7, 11) is 0. The fraction of sp³-hybridized carbons (Fsp3) is 0.321. The Hall–Kier alpha value is -5.34. The first kappa shape index (κ1) is 40.8. The fourth-order valence-corrected chi connectivity index (χ4v) is 8.39. The van der Waals surface area contributed by atoms with Gasteiger partial charge in [0.25, 0.3) is 0 Å². The number of benzene rings is 5. The summed E-state index contributed by atoms with van der Waals surface area (Å²) >= 11 is 0. The second kappa shape index (κ2) is 20.4. The van der Waals surface area contributed by atoms with Crippen molar-refractivity contribution in [2.24, 2.45) is 0 Å². The van der Waals surface area contributed by atoms with E-state index in [4.69, 9.17) is 9.97 Å². The second-order valence-electron chi connectivity index (χ2n) is 16.5. The molecule has 7 aromatic rings. The van der Waals surface area contributed by atoms with E-state index in [9.17, 15) is 0 Å². The third-order valence-electron chi connectivity index (χ3n) is 11.9. The van der Waals surface area contributed by atoms with Crippen LogP contribution >= 0.6 is 0 Å². The number of fused-ring (bicyclic) bond motifs is 3. The van der Waals surface area contributed by atoms with Gasteiger partial charge >= 0.3 is 0 Å². The molecule has 2 heterocycles. The Morgan fingerprint density at radius 1 is 0.466 bits per heavy atom. The Kier molecular flexibility index (Phi) is 14.3. The molecule has 0 spiro atoms. The Balaban J connectivity index is 1.30. The van der Waals surface area contributed by atoms with E-state index in [-0.39, 0.29) is 0 Å². The quantitative estimate of drug-likeness (QED) is 0.0466. The molecule has 2 aromatic heterocycles. The van der Waals surface area contributed by atoms with E-state index in [1.54, 1.807) is 0 Å². The Bertz CT molecular complexity index is 2430. The topological polar surface area (TPSA) is 25.8 Å². The van der Waals surface area contributed by atoms with Crippen LogP contribution in [0.25, 0.3) is 67.5 Å². The van der Waals surface area contributed by atoms with E-state index in [1.165, 1.54) is 133 Å². The summed E-state index contributed by atoms with van der Waals surface area (Å²) in [6.45, 7) is 9.07. The van der Waals surface area contributed by atoms with Crippen molar-refractivity contribution in [3.05, 3.63) is 155 Å². The maximum atomic E-state index is 5.35. The number of rotatable bonds is 19. The normalized spacial score (nSPS) is 11.7. The van der Waals surface area contributed by atoms with Gasteiger partial charge in [0.2, 0.25) is 0 Å². The molecule has 0 aliphatic heterocycles. The van der Waals surface area contributed by atoms with Crippen LogP contribution in [0.5, 0.6) is 0 Å². The number of hydrogen-bond acceptors (Lipinski definition) is 2. The van der Waals surface area contributed by atoms with Crippen molar-refractivity contribution in [1.29, 1.82) is 0 Å². The average Bonchev–Trinajstić information content (AvgIpc) is 3.26. The minimum atomic E-state index is 0.951. The molecule has 7 rings (SSSR count). The third-order valence-corrected chi connectivity index (χ3v) is 11.9. The number of hydrogen-bond donors (Lipinski definition) is 0. The van der Waals surface area contributed by atoms with Gasteiger partial charge in [-0.2, -0.15) is 0 Å². The van der Waals surface area contributed by atoms with Crippen LogP contribution in [0, 0.1) is 13.8 Å². The Labute approximate surface area is 348 Å². The lowest BCUT2D eigenvalue weighted by Gasteiger charge is -2.18. The van der Waals surface area contributed by atoms with Crippen molar-refractivity contribution in [1.82, 2.24) is 9.97 Å². The molecule has 5 aromatic carbocycles. The molecule has 0 radical (unpaired) electrons. The maximum absolute atomic E-state index is 5.35. The molecule has 0 bridgehead atoms. The molecule has 58 heavy (non-hydrogen) atoms. The maximum Gasteiger partial charge on any atom is 0.0972 e. The first-order chi connectivity index (χ1) is 28.5. The van der Waals surface area contributed by atoms with Gasteiger partial charge in [-0.1, -0.05) is 181 Å². The molecule has 0 saturated heterocycles. The van der Waals surface area contributed by atoms with Crippen LogP contribution in [0.4, 0.5) is 0 Å². The number of unbranched alkanes of at least 4 members (excludes halogenated alkanes) is 10. The highest BCUT2D eigenvalue weighted by Gasteiger charge is 2.15. The summed E-state index contributed by atoms with van der Waals surface area (Å²) in [5.74, 6) is 0. The lowest BCUT2D eigenvalue weighted by molar-refractivity contribution is 0.605. The summed E-state index contributed by atoms with van der Waals surface area (Å²) in [5, 5.41) is 2.22. The standard InChI is InChI=1S/C56H62N2/c1-5-7-9-11-13-15-18-48-40-53(49(36-42(48)4)19-16-14-12-10-8-6-2)51-37-50(45-29-27-44(28-30-45)26-25-43-23-21-41(3)22-24-43)38-52(39-51)54-34-33-47-32-31-46-20-17-35-57-55(46)56(47)58-54/h17,20-40H,5-16,18-19H2,1-4H3/b26-25+. The zero-order valence-electron chi connectivity index (χ0n) is 35.5.